The molecule has 5 heteroatoms. The number of hydrogen-bond acceptors (Lipinski definition) is 4. The van der Waals surface area contributed by atoms with E-state index >= 15 is 0 Å². The molecule has 0 radical (unpaired) electrons. The average Bonchev–Trinajstić information content (AvgIpc) is 3.01. The van der Waals surface area contributed by atoms with E-state index in [0.717, 1.165) is 39.0 Å². The molecule has 5 rings (SSSR count). The summed E-state index contributed by atoms with van der Waals surface area (Å²) < 4.78 is 0. The van der Waals surface area contributed by atoms with Crippen LogP contribution in [0.5, 0.6) is 0 Å². The van der Waals surface area contributed by atoms with Crippen LogP contribution in [-0.4, -0.2) is 34.0 Å². The minimum atomic E-state index is 0.999. The average molecular weight is 545 g/mol. The molecule has 0 atom stereocenters. The molecule has 2 aliphatic rings. The highest BCUT2D eigenvalue weighted by Crippen LogP contribution is 2.48. The molecule has 0 spiro atoms. The summed E-state index contributed by atoms with van der Waals surface area (Å²) in [6, 6.07) is 26.8. The minimum Gasteiger partial charge on any atom is -0.344 e. The molecule has 3 aromatic carbocycles. The van der Waals surface area contributed by atoms with Crippen LogP contribution < -0.4 is 19.6 Å². The van der Waals surface area contributed by atoms with Crippen LogP contribution in [0.25, 0.3) is 0 Å². The number of para-hydroxylation sites is 6. The number of unbranched alkanes of at least 4 members (excludes halogenated alkanes) is 2. The smallest absolute Gasteiger partial charge is 0.101 e. The van der Waals surface area contributed by atoms with Crippen molar-refractivity contribution in [3.05, 3.63) is 109 Å². The summed E-state index contributed by atoms with van der Waals surface area (Å²) in [5, 5.41) is 0. The molecule has 0 aliphatic carbocycles. The lowest BCUT2D eigenvalue weighted by Crippen LogP contribution is -2.33. The van der Waals surface area contributed by atoms with Crippen molar-refractivity contribution in [2.75, 3.05) is 45.8 Å². The van der Waals surface area contributed by atoms with Gasteiger partial charge in [0.05, 0.1) is 39.8 Å². The summed E-state index contributed by atoms with van der Waals surface area (Å²) in [6.07, 6.45) is 18.0. The Bertz CT molecular complexity index is 1330. The second-order valence-electron chi connectivity index (χ2n) is 11.0. The maximum Gasteiger partial charge on any atom is 0.101 e. The standard InChI is InChI=1S/C36H45BN4/c1-3-5-7-17-30-29-38(31-18-8-9-19-32(31)39(30)28-16-24-37)25-14-15-27-41-35-22-12-10-20-33(35)40(26-6-4-2)34-21-11-13-23-36(34)41/h3,5,7-13,17-23,29H,4,6,14-16,24-28,37H2,1-2H3/b5-3-,17-7-. The van der Waals surface area contributed by atoms with Crippen molar-refractivity contribution in [2.45, 2.75) is 52.3 Å². The van der Waals surface area contributed by atoms with E-state index in [2.05, 4.69) is 145 Å². The SMILES string of the molecule is BCCCN1C(/C=C\C=C/C)=CN(CCCCN2c3ccccc3N(CCCC)c3ccccc32)c2ccccc21. The van der Waals surface area contributed by atoms with Gasteiger partial charge in [-0.1, -0.05) is 74.3 Å². The van der Waals surface area contributed by atoms with Gasteiger partial charge < -0.3 is 19.6 Å². The number of benzene rings is 3. The fourth-order valence-electron chi connectivity index (χ4n) is 5.97. The molecule has 0 saturated carbocycles. The Morgan fingerprint density at radius 1 is 0.585 bits per heavy atom. The third-order valence-corrected chi connectivity index (χ3v) is 8.08. The summed E-state index contributed by atoms with van der Waals surface area (Å²) in [6.45, 7) is 8.44. The predicted molar refractivity (Wildman–Crippen MR) is 182 cm³/mol. The fourth-order valence-corrected chi connectivity index (χ4v) is 5.97. The Balaban J connectivity index is 1.33. The van der Waals surface area contributed by atoms with Crippen LogP contribution in [0.15, 0.2) is 109 Å². The van der Waals surface area contributed by atoms with Crippen molar-refractivity contribution >= 4 is 42.0 Å². The highest BCUT2D eigenvalue weighted by molar-refractivity contribution is 6.08. The van der Waals surface area contributed by atoms with Gasteiger partial charge >= 0.3 is 0 Å². The first kappa shape index (κ1) is 28.7. The zero-order chi connectivity index (χ0) is 28.4. The van der Waals surface area contributed by atoms with Crippen molar-refractivity contribution in [1.82, 2.24) is 0 Å². The lowest BCUT2D eigenvalue weighted by molar-refractivity contribution is 0.715. The molecule has 0 saturated heterocycles. The highest BCUT2D eigenvalue weighted by atomic mass is 15.3. The summed E-state index contributed by atoms with van der Waals surface area (Å²) in [4.78, 5) is 10.0. The lowest BCUT2D eigenvalue weighted by Gasteiger charge is -2.40. The third-order valence-electron chi connectivity index (χ3n) is 8.08. The van der Waals surface area contributed by atoms with Crippen LogP contribution in [0, 0.1) is 0 Å². The maximum atomic E-state index is 2.55. The van der Waals surface area contributed by atoms with Crippen LogP contribution in [-0.2, 0) is 0 Å². The van der Waals surface area contributed by atoms with Crippen molar-refractivity contribution < 1.29 is 0 Å². The Hall–Kier alpha value is -3.86. The van der Waals surface area contributed by atoms with E-state index < -0.39 is 0 Å². The summed E-state index contributed by atoms with van der Waals surface area (Å²) in [5.41, 5.74) is 9.21. The van der Waals surface area contributed by atoms with Gasteiger partial charge in [-0.05, 0) is 75.1 Å². The largest absolute Gasteiger partial charge is 0.344 e. The van der Waals surface area contributed by atoms with Gasteiger partial charge in [0.1, 0.15) is 7.85 Å². The Labute approximate surface area is 248 Å². The monoisotopic (exact) mass is 544 g/mol. The second kappa shape index (κ2) is 14.2. The summed E-state index contributed by atoms with van der Waals surface area (Å²) >= 11 is 0. The van der Waals surface area contributed by atoms with Gasteiger partial charge in [-0.3, -0.25) is 0 Å². The number of hydrogen-bond donors (Lipinski definition) is 0. The van der Waals surface area contributed by atoms with Gasteiger partial charge in [0.2, 0.25) is 0 Å². The second-order valence-corrected chi connectivity index (χ2v) is 11.0. The van der Waals surface area contributed by atoms with Crippen LogP contribution in [0.3, 0.4) is 0 Å². The Morgan fingerprint density at radius 2 is 1.07 bits per heavy atom. The minimum absolute atomic E-state index is 0.999. The van der Waals surface area contributed by atoms with E-state index in [1.54, 1.807) is 0 Å². The topological polar surface area (TPSA) is 13.0 Å². The Morgan fingerprint density at radius 3 is 1.61 bits per heavy atom. The first-order valence-corrected chi connectivity index (χ1v) is 15.6. The lowest BCUT2D eigenvalue weighted by atomic mass is 10.0. The zero-order valence-electron chi connectivity index (χ0n) is 25.2. The van der Waals surface area contributed by atoms with Crippen molar-refractivity contribution in [2.24, 2.45) is 0 Å². The molecule has 0 unspecified atom stereocenters. The van der Waals surface area contributed by atoms with Crippen LogP contribution in [0.1, 0.15) is 46.0 Å². The molecule has 0 fully saturated rings. The van der Waals surface area contributed by atoms with E-state index in [0.29, 0.717) is 0 Å². The molecule has 2 heterocycles. The fraction of sp³-hybridized carbons (Fsp3) is 0.333. The number of rotatable bonds is 13. The molecule has 0 amide bonds. The van der Waals surface area contributed by atoms with Gasteiger partial charge in [0.25, 0.3) is 0 Å². The number of anilines is 6. The van der Waals surface area contributed by atoms with Gasteiger partial charge in [-0.2, -0.15) is 0 Å². The molecule has 212 valence electrons. The zero-order valence-corrected chi connectivity index (χ0v) is 25.2. The molecule has 3 aromatic rings. The van der Waals surface area contributed by atoms with Gasteiger partial charge in [-0.25, -0.2) is 0 Å². The number of allylic oxidation sites excluding steroid dienone is 4. The maximum absolute atomic E-state index is 2.55. The van der Waals surface area contributed by atoms with Gasteiger partial charge in [0, 0.05) is 32.4 Å². The molecular formula is C36H45BN4. The van der Waals surface area contributed by atoms with E-state index in [4.69, 9.17) is 0 Å². The molecule has 0 N–H and O–H groups in total. The molecule has 0 aromatic heterocycles. The molecule has 2 aliphatic heterocycles. The normalized spacial score (nSPS) is 14.4. The highest BCUT2D eigenvalue weighted by Gasteiger charge is 2.27. The quantitative estimate of drug-likeness (QED) is 0.121. The third kappa shape index (κ3) is 6.40. The molecule has 0 bridgehead atoms. The van der Waals surface area contributed by atoms with E-state index in [1.165, 1.54) is 65.4 Å². The van der Waals surface area contributed by atoms with E-state index in [1.807, 2.05) is 0 Å². The van der Waals surface area contributed by atoms with Gasteiger partial charge in [-0.15, -0.1) is 0 Å². The van der Waals surface area contributed by atoms with Crippen molar-refractivity contribution in [3.8, 4) is 0 Å². The molecule has 41 heavy (non-hydrogen) atoms. The van der Waals surface area contributed by atoms with Crippen LogP contribution in [0.2, 0.25) is 6.32 Å². The summed E-state index contributed by atoms with van der Waals surface area (Å²) in [7, 11) is 2.27. The van der Waals surface area contributed by atoms with Crippen molar-refractivity contribution in [3.63, 3.8) is 0 Å². The number of nitrogens with zero attached hydrogens (tertiary/aromatic N) is 4. The van der Waals surface area contributed by atoms with Crippen LogP contribution >= 0.6 is 0 Å². The van der Waals surface area contributed by atoms with Gasteiger partial charge in [0.15, 0.2) is 0 Å². The molecular weight excluding hydrogens is 499 g/mol. The first-order valence-electron chi connectivity index (χ1n) is 15.6. The Kier molecular flexibility index (Phi) is 9.90. The molecule has 4 nitrogen and oxygen atoms in total. The van der Waals surface area contributed by atoms with Crippen molar-refractivity contribution in [1.29, 1.82) is 0 Å². The van der Waals surface area contributed by atoms with Crippen LogP contribution in [0.4, 0.5) is 34.1 Å². The number of fused-ring (bicyclic) bond motifs is 3. The van der Waals surface area contributed by atoms with E-state index in [9.17, 15) is 0 Å². The predicted octanol–water partition coefficient (Wildman–Crippen LogP) is 8.60. The van der Waals surface area contributed by atoms with E-state index in [-0.39, 0.29) is 0 Å². The first-order chi connectivity index (χ1) is 20.3. The summed E-state index contributed by atoms with van der Waals surface area (Å²) in [5.74, 6) is 0.